The molecule has 1 saturated heterocycles. The first-order valence-corrected chi connectivity index (χ1v) is 12.8. The average Bonchev–Trinajstić information content (AvgIpc) is 3.24. The van der Waals surface area contributed by atoms with Gasteiger partial charge < -0.3 is 4.90 Å². The van der Waals surface area contributed by atoms with Crippen LogP contribution in [0.25, 0.3) is 11.3 Å². The molecule has 170 valence electrons. The van der Waals surface area contributed by atoms with Crippen LogP contribution in [0.1, 0.15) is 18.4 Å². The smallest absolute Gasteiger partial charge is 0.348 e. The van der Waals surface area contributed by atoms with Gasteiger partial charge in [0.1, 0.15) is 0 Å². The van der Waals surface area contributed by atoms with Crippen LogP contribution in [0.4, 0.5) is 18.3 Å². The summed E-state index contributed by atoms with van der Waals surface area (Å²) >= 11 is 13.3. The van der Waals surface area contributed by atoms with Gasteiger partial charge in [-0.25, -0.2) is 13.4 Å². The van der Waals surface area contributed by atoms with E-state index in [1.807, 2.05) is 22.4 Å². The van der Waals surface area contributed by atoms with Crippen LogP contribution in [0.2, 0.25) is 10.0 Å². The maximum absolute atomic E-state index is 13.1. The number of piperidine rings is 1. The highest BCUT2D eigenvalue weighted by Gasteiger charge is 2.36. The fraction of sp³-hybridized carbons (Fsp3) is 0.286. The number of hydrogen-bond acceptors (Lipinski definition) is 5. The van der Waals surface area contributed by atoms with Gasteiger partial charge in [0.15, 0.2) is 15.0 Å². The second kappa shape index (κ2) is 8.85. The van der Waals surface area contributed by atoms with Crippen LogP contribution in [-0.2, 0) is 16.0 Å². The van der Waals surface area contributed by atoms with E-state index in [0.717, 1.165) is 28.5 Å². The molecule has 1 fully saturated rings. The molecule has 11 heteroatoms. The highest BCUT2D eigenvalue weighted by atomic mass is 35.5. The lowest BCUT2D eigenvalue weighted by molar-refractivity contribution is -0.137. The number of aromatic nitrogens is 1. The lowest BCUT2D eigenvalue weighted by Crippen LogP contribution is -2.39. The number of sulfone groups is 1. The second-order valence-corrected chi connectivity index (χ2v) is 11.3. The molecule has 3 aromatic rings. The molecule has 2 heterocycles. The molecule has 4 nitrogen and oxygen atoms in total. The molecule has 2 aromatic carbocycles. The van der Waals surface area contributed by atoms with Crippen molar-refractivity contribution < 1.29 is 21.6 Å². The minimum absolute atomic E-state index is 0.201. The van der Waals surface area contributed by atoms with Crippen LogP contribution < -0.4 is 4.90 Å². The summed E-state index contributed by atoms with van der Waals surface area (Å²) in [7, 11) is -4.01. The molecule has 0 aliphatic carbocycles. The third kappa shape index (κ3) is 4.76. The molecule has 32 heavy (non-hydrogen) atoms. The van der Waals surface area contributed by atoms with Gasteiger partial charge in [-0.1, -0.05) is 35.3 Å². The number of rotatable bonds is 4. The maximum atomic E-state index is 13.1. The van der Waals surface area contributed by atoms with Gasteiger partial charge in [-0.3, -0.25) is 0 Å². The van der Waals surface area contributed by atoms with Crippen LogP contribution in [0.3, 0.4) is 0 Å². The third-order valence-corrected chi connectivity index (χ3v) is 9.24. The largest absolute Gasteiger partial charge is 0.416 e. The Bertz CT molecular complexity index is 1220. The van der Waals surface area contributed by atoms with E-state index < -0.39 is 31.7 Å². The molecule has 0 spiro atoms. The van der Waals surface area contributed by atoms with Crippen molar-refractivity contribution in [1.82, 2.24) is 4.98 Å². The summed E-state index contributed by atoms with van der Waals surface area (Å²) in [6, 6.07) is 9.71. The van der Waals surface area contributed by atoms with Gasteiger partial charge in [-0.2, -0.15) is 13.2 Å². The molecule has 0 saturated carbocycles. The van der Waals surface area contributed by atoms with E-state index in [2.05, 4.69) is 4.98 Å². The summed E-state index contributed by atoms with van der Waals surface area (Å²) < 4.78 is 65.3. The lowest BCUT2D eigenvalue weighted by atomic mass is 10.1. The Hall–Kier alpha value is -1.81. The highest BCUT2D eigenvalue weighted by Crippen LogP contribution is 2.37. The standard InChI is InChI=1S/C21H17Cl2F3N2O2S2/c22-15-4-1-13(2-5-15)18-12-31-20(27-18)28-9-7-16(8-10-28)32(29,30)19-11-14(21(24,25)26)3-6-17(19)23/h1-6,11-12,16H,7-10H2. The summed E-state index contributed by atoms with van der Waals surface area (Å²) in [4.78, 5) is 6.16. The minimum Gasteiger partial charge on any atom is -0.348 e. The predicted molar refractivity (Wildman–Crippen MR) is 121 cm³/mol. The Morgan fingerprint density at radius 2 is 1.69 bits per heavy atom. The van der Waals surface area contributed by atoms with Crippen molar-refractivity contribution in [2.24, 2.45) is 0 Å². The third-order valence-electron chi connectivity index (χ3n) is 5.35. The van der Waals surface area contributed by atoms with Gasteiger partial charge in [0.25, 0.3) is 0 Å². The normalized spacial score (nSPS) is 15.8. The summed E-state index contributed by atoms with van der Waals surface area (Å²) in [6.07, 6.45) is -4.11. The molecule has 0 unspecified atom stereocenters. The number of alkyl halides is 3. The zero-order chi connectivity index (χ0) is 23.1. The van der Waals surface area contributed by atoms with Gasteiger partial charge in [0.05, 0.1) is 26.4 Å². The van der Waals surface area contributed by atoms with Crippen molar-refractivity contribution >= 4 is 49.5 Å². The molecule has 1 aromatic heterocycles. The predicted octanol–water partition coefficient (Wildman–Crippen LogP) is 6.58. The number of hydrogen-bond donors (Lipinski definition) is 0. The Labute approximate surface area is 197 Å². The average molecular weight is 521 g/mol. The SMILES string of the molecule is O=S(=O)(c1cc(C(F)(F)F)ccc1Cl)C1CCN(c2nc(-c3ccc(Cl)cc3)cs2)CC1. The van der Waals surface area contributed by atoms with Crippen molar-refractivity contribution in [3.05, 3.63) is 63.5 Å². The van der Waals surface area contributed by atoms with E-state index in [0.29, 0.717) is 24.2 Å². The van der Waals surface area contributed by atoms with E-state index in [-0.39, 0.29) is 17.9 Å². The zero-order valence-corrected chi connectivity index (χ0v) is 19.6. The number of nitrogens with zero attached hydrogens (tertiary/aromatic N) is 2. The fourth-order valence-corrected chi connectivity index (χ4v) is 6.87. The molecule has 1 aliphatic heterocycles. The first-order valence-electron chi connectivity index (χ1n) is 9.63. The maximum Gasteiger partial charge on any atom is 0.416 e. The fourth-order valence-electron chi connectivity index (χ4n) is 3.60. The van der Waals surface area contributed by atoms with Crippen LogP contribution in [0, 0.1) is 0 Å². The van der Waals surface area contributed by atoms with Crippen molar-refractivity contribution in [3.63, 3.8) is 0 Å². The molecule has 0 radical (unpaired) electrons. The van der Waals surface area contributed by atoms with Crippen molar-refractivity contribution in [1.29, 1.82) is 0 Å². The van der Waals surface area contributed by atoms with Crippen molar-refractivity contribution in [3.8, 4) is 11.3 Å². The van der Waals surface area contributed by atoms with Crippen LogP contribution >= 0.6 is 34.5 Å². The Morgan fingerprint density at radius 3 is 2.31 bits per heavy atom. The highest BCUT2D eigenvalue weighted by molar-refractivity contribution is 7.92. The Kier molecular flexibility index (Phi) is 6.46. The molecule has 0 N–H and O–H groups in total. The summed E-state index contributed by atoms with van der Waals surface area (Å²) in [5.74, 6) is 0. The van der Waals surface area contributed by atoms with E-state index in [9.17, 15) is 21.6 Å². The monoisotopic (exact) mass is 520 g/mol. The number of halogens is 5. The minimum atomic E-state index is -4.65. The molecule has 0 atom stereocenters. The summed E-state index contributed by atoms with van der Waals surface area (Å²) in [5, 5.41) is 2.31. The zero-order valence-electron chi connectivity index (χ0n) is 16.4. The summed E-state index contributed by atoms with van der Waals surface area (Å²) in [5.41, 5.74) is 0.691. The summed E-state index contributed by atoms with van der Waals surface area (Å²) in [6.45, 7) is 0.849. The molecule has 1 aliphatic rings. The molecule has 0 bridgehead atoms. The van der Waals surface area contributed by atoms with Crippen LogP contribution in [0.5, 0.6) is 0 Å². The molecule has 4 rings (SSSR count). The molecule has 0 amide bonds. The topological polar surface area (TPSA) is 50.3 Å². The van der Waals surface area contributed by atoms with Gasteiger partial charge in [-0.05, 0) is 43.2 Å². The first kappa shape index (κ1) is 23.4. The van der Waals surface area contributed by atoms with E-state index in [1.54, 1.807) is 12.1 Å². The van der Waals surface area contributed by atoms with E-state index >= 15 is 0 Å². The van der Waals surface area contributed by atoms with Crippen LogP contribution in [-0.4, -0.2) is 31.7 Å². The lowest BCUT2D eigenvalue weighted by Gasteiger charge is -2.31. The Balaban J connectivity index is 1.49. The van der Waals surface area contributed by atoms with E-state index in [1.165, 1.54) is 11.3 Å². The molecular formula is C21H17Cl2F3N2O2S2. The first-order chi connectivity index (χ1) is 15.1. The van der Waals surface area contributed by atoms with Gasteiger partial charge >= 0.3 is 6.18 Å². The van der Waals surface area contributed by atoms with Crippen LogP contribution in [0.15, 0.2) is 52.7 Å². The van der Waals surface area contributed by atoms with Gasteiger partial charge in [0.2, 0.25) is 0 Å². The second-order valence-electron chi connectivity index (χ2n) is 7.40. The Morgan fingerprint density at radius 1 is 1.03 bits per heavy atom. The van der Waals surface area contributed by atoms with Gasteiger partial charge in [0, 0.05) is 29.1 Å². The van der Waals surface area contributed by atoms with Gasteiger partial charge in [-0.15, -0.1) is 11.3 Å². The quantitative estimate of drug-likeness (QED) is 0.389. The number of benzene rings is 2. The van der Waals surface area contributed by atoms with E-state index in [4.69, 9.17) is 23.2 Å². The van der Waals surface area contributed by atoms with Crippen molar-refractivity contribution in [2.45, 2.75) is 29.2 Å². The number of thiazole rings is 1. The molecular weight excluding hydrogens is 504 g/mol. The van der Waals surface area contributed by atoms with Crippen molar-refractivity contribution in [2.75, 3.05) is 18.0 Å². The number of anilines is 1.